The zero-order valence-electron chi connectivity index (χ0n) is 23.2. The standard InChI is InChI=1S/C30H48O7S/c1-38(31,32)35-18-15-23-19-24-21-27(37-29-12-6-8-17-34-29)30(25(24)20-23)26(36-28-11-5-7-16-33-28)14-13-22-9-3-2-4-10-22/h14,19,22,24-25,27-30H,2-13,15-18,20-21H2,1H3/t24-,25-,27+,28?,29?,30-/m1/s1. The number of hydrogen-bond donors (Lipinski definition) is 0. The van der Waals surface area contributed by atoms with E-state index >= 15 is 0 Å². The van der Waals surface area contributed by atoms with Crippen molar-refractivity contribution in [3.05, 3.63) is 23.5 Å². The minimum Gasteiger partial charge on any atom is -0.469 e. The summed E-state index contributed by atoms with van der Waals surface area (Å²) in [6.07, 6.45) is 22.2. The molecule has 2 saturated carbocycles. The molecule has 3 aliphatic carbocycles. The largest absolute Gasteiger partial charge is 0.469 e. The minimum absolute atomic E-state index is 0.0550. The predicted molar refractivity (Wildman–Crippen MR) is 146 cm³/mol. The minimum atomic E-state index is -3.42. The van der Waals surface area contributed by atoms with Crippen molar-refractivity contribution in [2.45, 2.75) is 115 Å². The van der Waals surface area contributed by atoms with Crippen molar-refractivity contribution < 1.29 is 31.5 Å². The summed E-state index contributed by atoms with van der Waals surface area (Å²) in [6, 6.07) is 0. The Kier molecular flexibility index (Phi) is 10.2. The Morgan fingerprint density at radius 1 is 0.974 bits per heavy atom. The molecule has 2 heterocycles. The number of allylic oxidation sites excluding steroid dienone is 2. The third-order valence-electron chi connectivity index (χ3n) is 9.16. The first-order valence-corrected chi connectivity index (χ1v) is 17.1. The van der Waals surface area contributed by atoms with Gasteiger partial charge in [0.05, 0.1) is 25.6 Å². The smallest absolute Gasteiger partial charge is 0.264 e. The van der Waals surface area contributed by atoms with Gasteiger partial charge in [-0.1, -0.05) is 43.8 Å². The molecule has 0 aromatic carbocycles. The molecule has 0 aromatic heterocycles. The summed E-state index contributed by atoms with van der Waals surface area (Å²) in [4.78, 5) is 0. The fourth-order valence-corrected chi connectivity index (χ4v) is 7.64. The van der Waals surface area contributed by atoms with Crippen LogP contribution in [0.15, 0.2) is 23.5 Å². The normalized spacial score (nSPS) is 35.2. The third kappa shape index (κ3) is 8.06. The highest BCUT2D eigenvalue weighted by Gasteiger charge is 2.49. The molecular formula is C30H48O7S. The molecule has 0 spiro atoms. The summed E-state index contributed by atoms with van der Waals surface area (Å²) in [7, 11) is -3.42. The summed E-state index contributed by atoms with van der Waals surface area (Å²) in [5.74, 6) is 2.74. The van der Waals surface area contributed by atoms with E-state index in [0.717, 1.165) is 88.9 Å². The second-order valence-electron chi connectivity index (χ2n) is 12.1. The van der Waals surface area contributed by atoms with Gasteiger partial charge in [-0.2, -0.15) is 8.42 Å². The van der Waals surface area contributed by atoms with Crippen molar-refractivity contribution in [1.82, 2.24) is 0 Å². The van der Waals surface area contributed by atoms with Crippen LogP contribution in [0.2, 0.25) is 0 Å². The van der Waals surface area contributed by atoms with Crippen LogP contribution in [-0.2, 0) is 33.2 Å². The molecule has 6 atom stereocenters. The van der Waals surface area contributed by atoms with Crippen molar-refractivity contribution in [2.24, 2.45) is 23.7 Å². The van der Waals surface area contributed by atoms with E-state index in [4.69, 9.17) is 23.1 Å². The Morgan fingerprint density at radius 2 is 1.68 bits per heavy atom. The number of hydrogen-bond acceptors (Lipinski definition) is 7. The van der Waals surface area contributed by atoms with E-state index in [-0.39, 0.29) is 31.2 Å². The first-order chi connectivity index (χ1) is 18.4. The van der Waals surface area contributed by atoms with Crippen LogP contribution >= 0.6 is 0 Å². The quantitative estimate of drug-likeness (QED) is 0.170. The van der Waals surface area contributed by atoms with Gasteiger partial charge in [0.2, 0.25) is 0 Å². The molecule has 2 saturated heterocycles. The second-order valence-corrected chi connectivity index (χ2v) is 13.8. The van der Waals surface area contributed by atoms with Crippen molar-refractivity contribution in [3.8, 4) is 0 Å². The maximum atomic E-state index is 11.5. The number of ether oxygens (including phenoxy) is 4. The molecule has 8 heteroatoms. The number of fused-ring (bicyclic) bond motifs is 1. The fraction of sp³-hybridized carbons (Fsp3) is 0.867. The Balaban J connectivity index is 1.34. The molecule has 0 N–H and O–H groups in total. The van der Waals surface area contributed by atoms with Gasteiger partial charge >= 0.3 is 0 Å². The van der Waals surface area contributed by atoms with Crippen molar-refractivity contribution >= 4 is 10.1 Å². The van der Waals surface area contributed by atoms with Crippen LogP contribution in [-0.4, -0.2) is 53.2 Å². The summed E-state index contributed by atoms with van der Waals surface area (Å²) in [5, 5.41) is 0. The van der Waals surface area contributed by atoms with Crippen LogP contribution < -0.4 is 0 Å². The molecule has 0 radical (unpaired) electrons. The molecule has 216 valence electrons. The SMILES string of the molecule is CS(=O)(=O)OCCC1=C[C@@H]2C[C@H](OC3CCCCO3)[C@@H](C(=CCC3CCCCC3)OC3CCCCO3)[C@@H]2C1. The highest BCUT2D eigenvalue weighted by atomic mass is 32.2. The van der Waals surface area contributed by atoms with Gasteiger partial charge in [-0.3, -0.25) is 4.18 Å². The van der Waals surface area contributed by atoms with Crippen molar-refractivity contribution in [1.29, 1.82) is 0 Å². The Bertz CT molecular complexity index is 911. The van der Waals surface area contributed by atoms with Gasteiger partial charge in [0.25, 0.3) is 10.1 Å². The average Bonchev–Trinajstić information content (AvgIpc) is 3.44. The lowest BCUT2D eigenvalue weighted by Crippen LogP contribution is -2.34. The van der Waals surface area contributed by atoms with Crippen LogP contribution in [0, 0.1) is 23.7 Å². The van der Waals surface area contributed by atoms with E-state index in [0.29, 0.717) is 18.3 Å². The van der Waals surface area contributed by atoms with Gasteiger partial charge in [-0.25, -0.2) is 0 Å². The Hall–Kier alpha value is -0.930. The lowest BCUT2D eigenvalue weighted by molar-refractivity contribution is -0.201. The van der Waals surface area contributed by atoms with Crippen LogP contribution in [0.1, 0.15) is 96.3 Å². The van der Waals surface area contributed by atoms with E-state index in [1.807, 2.05) is 0 Å². The van der Waals surface area contributed by atoms with E-state index in [1.54, 1.807) is 0 Å². The van der Waals surface area contributed by atoms with E-state index in [1.165, 1.54) is 37.7 Å². The highest BCUT2D eigenvalue weighted by Crippen LogP contribution is 2.52. The van der Waals surface area contributed by atoms with Gasteiger partial charge in [0, 0.05) is 18.9 Å². The molecule has 4 fully saturated rings. The van der Waals surface area contributed by atoms with Crippen LogP contribution in [0.5, 0.6) is 0 Å². The maximum absolute atomic E-state index is 11.5. The lowest BCUT2D eigenvalue weighted by atomic mass is 9.84. The van der Waals surface area contributed by atoms with Crippen molar-refractivity contribution in [3.63, 3.8) is 0 Å². The van der Waals surface area contributed by atoms with Crippen LogP contribution in [0.4, 0.5) is 0 Å². The first kappa shape index (κ1) is 28.6. The van der Waals surface area contributed by atoms with Gasteiger partial charge in [-0.05, 0) is 81.6 Å². The monoisotopic (exact) mass is 552 g/mol. The second kappa shape index (κ2) is 13.6. The van der Waals surface area contributed by atoms with Gasteiger partial charge < -0.3 is 18.9 Å². The zero-order valence-corrected chi connectivity index (χ0v) is 24.0. The molecule has 5 rings (SSSR count). The molecule has 0 amide bonds. The molecule has 38 heavy (non-hydrogen) atoms. The summed E-state index contributed by atoms with van der Waals surface area (Å²) >= 11 is 0. The van der Waals surface area contributed by atoms with Gasteiger partial charge in [0.1, 0.15) is 5.76 Å². The lowest BCUT2D eigenvalue weighted by Gasteiger charge is -2.34. The third-order valence-corrected chi connectivity index (χ3v) is 9.75. The van der Waals surface area contributed by atoms with Gasteiger partial charge in [0.15, 0.2) is 12.6 Å². The van der Waals surface area contributed by atoms with E-state index in [2.05, 4.69) is 12.2 Å². The predicted octanol–water partition coefficient (Wildman–Crippen LogP) is 6.24. The fourth-order valence-electron chi connectivity index (χ4n) is 7.26. The topological polar surface area (TPSA) is 80.3 Å². The van der Waals surface area contributed by atoms with Crippen molar-refractivity contribution in [2.75, 3.05) is 26.1 Å². The zero-order chi connectivity index (χ0) is 26.4. The summed E-state index contributed by atoms with van der Waals surface area (Å²) in [5.41, 5.74) is 1.29. The first-order valence-electron chi connectivity index (χ1n) is 15.2. The molecule has 5 aliphatic rings. The van der Waals surface area contributed by atoms with Gasteiger partial charge in [-0.15, -0.1) is 0 Å². The van der Waals surface area contributed by atoms with E-state index in [9.17, 15) is 8.42 Å². The molecule has 7 nitrogen and oxygen atoms in total. The molecule has 0 bridgehead atoms. The van der Waals surface area contributed by atoms with Crippen LogP contribution in [0.25, 0.3) is 0 Å². The molecular weight excluding hydrogens is 504 g/mol. The van der Waals surface area contributed by atoms with Crippen LogP contribution in [0.3, 0.4) is 0 Å². The Labute approximate surface area is 229 Å². The summed E-state index contributed by atoms with van der Waals surface area (Å²) in [6.45, 7) is 1.75. The summed E-state index contributed by atoms with van der Waals surface area (Å²) < 4.78 is 53.5. The molecule has 0 aromatic rings. The average molecular weight is 553 g/mol. The highest BCUT2D eigenvalue weighted by molar-refractivity contribution is 7.85. The molecule has 2 unspecified atom stereocenters. The number of rotatable bonds is 11. The Morgan fingerprint density at radius 3 is 2.37 bits per heavy atom. The maximum Gasteiger partial charge on any atom is 0.264 e. The molecule has 2 aliphatic heterocycles. The van der Waals surface area contributed by atoms with E-state index < -0.39 is 10.1 Å².